The first-order valence-electron chi connectivity index (χ1n) is 8.95. The van der Waals surface area contributed by atoms with Crippen LogP contribution in [0.4, 0.5) is 11.4 Å². The molecule has 3 aromatic rings. The number of amides is 2. The number of fused-ring (bicyclic) bond motifs is 1. The zero-order valence-corrected chi connectivity index (χ0v) is 17.4. The molecule has 0 aliphatic heterocycles. The molecule has 0 saturated heterocycles. The van der Waals surface area contributed by atoms with Crippen LogP contribution in [-0.4, -0.2) is 36.4 Å². The van der Waals surface area contributed by atoms with Crippen molar-refractivity contribution in [3.8, 4) is 0 Å². The lowest BCUT2D eigenvalue weighted by Crippen LogP contribution is -2.27. The number of pyridine rings is 1. The van der Waals surface area contributed by atoms with E-state index >= 15 is 0 Å². The molecule has 29 heavy (non-hydrogen) atoms. The summed E-state index contributed by atoms with van der Waals surface area (Å²) < 4.78 is 4.77. The van der Waals surface area contributed by atoms with Gasteiger partial charge in [0.05, 0.1) is 5.69 Å². The summed E-state index contributed by atoms with van der Waals surface area (Å²) in [6.07, 6.45) is 0. The molecule has 1 N–H and O–H groups in total. The molecule has 2 aromatic heterocycles. The SMILES string of the molecule is CC(=O)OCC(=O)Nc1c(C(=O)N(C)c2ccccc2)sc2nc(C)cc(C)c12. The van der Waals surface area contributed by atoms with Crippen LogP contribution in [0.5, 0.6) is 0 Å². The number of nitrogens with zero attached hydrogens (tertiary/aromatic N) is 2. The van der Waals surface area contributed by atoms with Crippen LogP contribution in [0, 0.1) is 13.8 Å². The number of carbonyl (C=O) groups excluding carboxylic acids is 3. The number of thiophene rings is 1. The molecule has 3 rings (SSSR count). The van der Waals surface area contributed by atoms with Gasteiger partial charge >= 0.3 is 5.97 Å². The van der Waals surface area contributed by atoms with Crippen molar-refractivity contribution in [2.75, 3.05) is 23.9 Å². The van der Waals surface area contributed by atoms with Gasteiger partial charge in [0, 0.05) is 30.7 Å². The molecule has 8 heteroatoms. The molecule has 1 aromatic carbocycles. The minimum Gasteiger partial charge on any atom is -0.456 e. The van der Waals surface area contributed by atoms with E-state index in [1.807, 2.05) is 50.2 Å². The van der Waals surface area contributed by atoms with E-state index in [0.29, 0.717) is 20.8 Å². The molecule has 0 saturated carbocycles. The number of nitrogens with one attached hydrogen (secondary N) is 1. The molecule has 0 radical (unpaired) electrons. The van der Waals surface area contributed by atoms with Crippen molar-refractivity contribution in [2.24, 2.45) is 0 Å². The molecule has 150 valence electrons. The molecule has 7 nitrogen and oxygen atoms in total. The molecular formula is C21H21N3O4S. The van der Waals surface area contributed by atoms with E-state index in [1.54, 1.807) is 7.05 Å². The molecule has 0 unspecified atom stereocenters. The number of aryl methyl sites for hydroxylation is 2. The zero-order chi connectivity index (χ0) is 21.1. The minimum absolute atomic E-state index is 0.265. The van der Waals surface area contributed by atoms with Crippen molar-refractivity contribution in [1.29, 1.82) is 0 Å². The van der Waals surface area contributed by atoms with Gasteiger partial charge in [-0.05, 0) is 37.6 Å². The average molecular weight is 411 g/mol. The lowest BCUT2D eigenvalue weighted by molar-refractivity contribution is -0.144. The van der Waals surface area contributed by atoms with Crippen molar-refractivity contribution >= 4 is 50.7 Å². The second-order valence-corrected chi connectivity index (χ2v) is 7.59. The van der Waals surface area contributed by atoms with Gasteiger partial charge in [0.1, 0.15) is 9.71 Å². The Kier molecular flexibility index (Phi) is 5.93. The van der Waals surface area contributed by atoms with Gasteiger partial charge in [0.15, 0.2) is 6.61 Å². The third-order valence-corrected chi connectivity index (χ3v) is 5.37. The van der Waals surface area contributed by atoms with Crippen LogP contribution in [-0.2, 0) is 14.3 Å². The van der Waals surface area contributed by atoms with Gasteiger partial charge in [-0.25, -0.2) is 4.98 Å². The molecule has 0 spiro atoms. The quantitative estimate of drug-likeness (QED) is 0.647. The van der Waals surface area contributed by atoms with E-state index in [2.05, 4.69) is 10.3 Å². The number of benzene rings is 1. The molecule has 0 bridgehead atoms. The number of aromatic nitrogens is 1. The van der Waals surface area contributed by atoms with Crippen LogP contribution in [0.1, 0.15) is 27.9 Å². The Bertz CT molecular complexity index is 1090. The largest absolute Gasteiger partial charge is 0.456 e. The first-order valence-corrected chi connectivity index (χ1v) is 9.76. The summed E-state index contributed by atoms with van der Waals surface area (Å²) >= 11 is 1.22. The number of hydrogen-bond donors (Lipinski definition) is 1. The highest BCUT2D eigenvalue weighted by molar-refractivity contribution is 7.21. The predicted molar refractivity (Wildman–Crippen MR) is 114 cm³/mol. The molecule has 0 fully saturated rings. The lowest BCUT2D eigenvalue weighted by atomic mass is 10.1. The fourth-order valence-electron chi connectivity index (χ4n) is 2.98. The van der Waals surface area contributed by atoms with Gasteiger partial charge in [-0.3, -0.25) is 14.4 Å². The summed E-state index contributed by atoms with van der Waals surface area (Å²) in [5.74, 6) is -1.33. The Morgan fingerprint density at radius 3 is 2.52 bits per heavy atom. The van der Waals surface area contributed by atoms with Gasteiger partial charge in [-0.2, -0.15) is 0 Å². The van der Waals surface area contributed by atoms with Gasteiger partial charge in [-0.15, -0.1) is 11.3 Å². The molecule has 2 amide bonds. The number of hydrogen-bond acceptors (Lipinski definition) is 6. The second-order valence-electron chi connectivity index (χ2n) is 6.60. The fraction of sp³-hybridized carbons (Fsp3) is 0.238. The molecule has 0 aliphatic carbocycles. The molecule has 2 heterocycles. The highest BCUT2D eigenvalue weighted by atomic mass is 32.1. The van der Waals surface area contributed by atoms with Crippen LogP contribution < -0.4 is 10.2 Å². The zero-order valence-electron chi connectivity index (χ0n) is 16.6. The number of ether oxygens (including phenoxy) is 1. The van der Waals surface area contributed by atoms with Crippen molar-refractivity contribution in [2.45, 2.75) is 20.8 Å². The van der Waals surface area contributed by atoms with Gasteiger partial charge < -0.3 is 15.0 Å². The summed E-state index contributed by atoms with van der Waals surface area (Å²) in [6.45, 7) is 4.59. The number of carbonyl (C=O) groups is 3. The average Bonchev–Trinajstić information content (AvgIpc) is 3.04. The number of para-hydroxylation sites is 1. The highest BCUT2D eigenvalue weighted by Crippen LogP contribution is 2.38. The van der Waals surface area contributed by atoms with Gasteiger partial charge in [0.2, 0.25) is 0 Å². The fourth-order valence-corrected chi connectivity index (χ4v) is 4.20. The van der Waals surface area contributed by atoms with E-state index in [1.165, 1.54) is 23.2 Å². The van der Waals surface area contributed by atoms with Crippen molar-refractivity contribution in [3.63, 3.8) is 0 Å². The third-order valence-electron chi connectivity index (χ3n) is 4.30. The van der Waals surface area contributed by atoms with Crippen molar-refractivity contribution in [3.05, 3.63) is 52.5 Å². The van der Waals surface area contributed by atoms with Crippen LogP contribution in [0.25, 0.3) is 10.2 Å². The van der Waals surface area contributed by atoms with E-state index in [0.717, 1.165) is 16.9 Å². The first kappa shape index (κ1) is 20.5. The predicted octanol–water partition coefficient (Wildman–Crippen LogP) is 3.69. The van der Waals surface area contributed by atoms with E-state index in [4.69, 9.17) is 4.74 Å². The monoisotopic (exact) mass is 411 g/mol. The van der Waals surface area contributed by atoms with Crippen LogP contribution in [0.2, 0.25) is 0 Å². The lowest BCUT2D eigenvalue weighted by Gasteiger charge is -2.17. The number of rotatable bonds is 5. The Morgan fingerprint density at radius 2 is 1.86 bits per heavy atom. The summed E-state index contributed by atoms with van der Waals surface area (Å²) in [5.41, 5.74) is 2.84. The van der Waals surface area contributed by atoms with Gasteiger partial charge in [-0.1, -0.05) is 18.2 Å². The second kappa shape index (κ2) is 8.40. The van der Waals surface area contributed by atoms with Gasteiger partial charge in [0.25, 0.3) is 11.8 Å². The summed E-state index contributed by atoms with van der Waals surface area (Å²) in [6, 6.07) is 11.1. The third kappa shape index (κ3) is 4.43. The Hall–Kier alpha value is -3.26. The number of anilines is 2. The molecular weight excluding hydrogens is 390 g/mol. The van der Waals surface area contributed by atoms with E-state index < -0.39 is 18.5 Å². The standard InChI is InChI=1S/C21H21N3O4S/c1-12-10-13(2)22-20-17(12)18(23-16(26)11-28-14(3)25)19(29-20)21(27)24(4)15-8-6-5-7-9-15/h5-10H,11H2,1-4H3,(H,23,26). The normalized spacial score (nSPS) is 10.6. The number of esters is 1. The Balaban J connectivity index is 2.05. The maximum Gasteiger partial charge on any atom is 0.303 e. The Labute approximate surface area is 172 Å². The topological polar surface area (TPSA) is 88.6 Å². The van der Waals surface area contributed by atoms with Crippen molar-refractivity contribution in [1.82, 2.24) is 4.98 Å². The maximum atomic E-state index is 13.3. The molecule has 0 aliphatic rings. The van der Waals surface area contributed by atoms with Crippen LogP contribution in [0.15, 0.2) is 36.4 Å². The van der Waals surface area contributed by atoms with E-state index in [9.17, 15) is 14.4 Å². The van der Waals surface area contributed by atoms with Crippen LogP contribution >= 0.6 is 11.3 Å². The van der Waals surface area contributed by atoms with E-state index in [-0.39, 0.29) is 5.91 Å². The first-order chi connectivity index (χ1) is 13.8. The summed E-state index contributed by atoms with van der Waals surface area (Å²) in [7, 11) is 1.68. The summed E-state index contributed by atoms with van der Waals surface area (Å²) in [5, 5.41) is 3.45. The molecule has 0 atom stereocenters. The smallest absolute Gasteiger partial charge is 0.303 e. The Morgan fingerprint density at radius 1 is 1.17 bits per heavy atom. The summed E-state index contributed by atoms with van der Waals surface area (Å²) in [4.78, 5) is 43.7. The minimum atomic E-state index is -0.552. The highest BCUT2D eigenvalue weighted by Gasteiger charge is 2.25. The maximum absolute atomic E-state index is 13.3. The van der Waals surface area contributed by atoms with Crippen molar-refractivity contribution < 1.29 is 19.1 Å². The van der Waals surface area contributed by atoms with Crippen LogP contribution in [0.3, 0.4) is 0 Å².